The summed E-state index contributed by atoms with van der Waals surface area (Å²) in [6, 6.07) is 14.9. The zero-order chi connectivity index (χ0) is 18.4. The fraction of sp³-hybridized carbons (Fsp3) is 0.0556. The molecule has 0 aliphatic rings. The maximum Gasteiger partial charge on any atom is 0.338 e. The van der Waals surface area contributed by atoms with Crippen LogP contribution in [-0.2, 0) is 9.53 Å². The minimum Gasteiger partial charge on any atom is -0.452 e. The Morgan fingerprint density at radius 2 is 1.58 bits per heavy atom. The molecule has 0 unspecified atom stereocenters. The van der Waals surface area contributed by atoms with Crippen molar-refractivity contribution in [2.45, 2.75) is 0 Å². The van der Waals surface area contributed by atoms with Crippen molar-refractivity contribution in [3.63, 3.8) is 0 Å². The van der Waals surface area contributed by atoms with E-state index in [4.69, 9.17) is 4.74 Å². The number of benzene rings is 2. The second-order valence-electron chi connectivity index (χ2n) is 5.14. The number of carbonyl (C=O) groups is 3. The van der Waals surface area contributed by atoms with Crippen LogP contribution in [0.4, 0.5) is 5.13 Å². The van der Waals surface area contributed by atoms with E-state index >= 15 is 0 Å². The molecule has 0 fully saturated rings. The SMILES string of the molecule is O=C(COC(=O)c1ccc(C(=O)c2ccccc2)cc1)Nc1nncs1. The largest absolute Gasteiger partial charge is 0.452 e. The van der Waals surface area contributed by atoms with E-state index in [9.17, 15) is 14.4 Å². The third-order valence-electron chi connectivity index (χ3n) is 3.36. The number of ketones is 1. The number of carbonyl (C=O) groups excluding carboxylic acids is 3. The molecule has 0 spiro atoms. The Kier molecular flexibility index (Phi) is 5.45. The maximum atomic E-state index is 12.3. The van der Waals surface area contributed by atoms with Gasteiger partial charge in [-0.2, -0.15) is 0 Å². The molecule has 0 saturated heterocycles. The van der Waals surface area contributed by atoms with Gasteiger partial charge in [-0.1, -0.05) is 53.8 Å². The summed E-state index contributed by atoms with van der Waals surface area (Å²) in [5.41, 5.74) is 2.75. The Labute approximate surface area is 152 Å². The Morgan fingerprint density at radius 3 is 2.23 bits per heavy atom. The molecule has 130 valence electrons. The third-order valence-corrected chi connectivity index (χ3v) is 3.97. The Bertz CT molecular complexity index is 909. The van der Waals surface area contributed by atoms with E-state index in [2.05, 4.69) is 15.5 Å². The van der Waals surface area contributed by atoms with Gasteiger partial charge in [0, 0.05) is 11.1 Å². The Balaban J connectivity index is 1.57. The number of hydrogen-bond donors (Lipinski definition) is 1. The van der Waals surface area contributed by atoms with Crippen molar-refractivity contribution in [2.75, 3.05) is 11.9 Å². The molecule has 26 heavy (non-hydrogen) atoms. The first-order valence-corrected chi connectivity index (χ1v) is 8.44. The van der Waals surface area contributed by atoms with Crippen LogP contribution in [0.25, 0.3) is 0 Å². The molecule has 0 aliphatic heterocycles. The fourth-order valence-corrected chi connectivity index (χ4v) is 2.57. The highest BCUT2D eigenvalue weighted by Crippen LogP contribution is 2.12. The smallest absolute Gasteiger partial charge is 0.338 e. The normalized spacial score (nSPS) is 10.2. The monoisotopic (exact) mass is 367 g/mol. The Hall–Kier alpha value is -3.39. The molecule has 1 heterocycles. The highest BCUT2D eigenvalue weighted by atomic mass is 32.1. The van der Waals surface area contributed by atoms with E-state index in [0.717, 1.165) is 11.3 Å². The minimum atomic E-state index is -0.656. The zero-order valence-electron chi connectivity index (χ0n) is 13.4. The molecule has 1 N–H and O–H groups in total. The van der Waals surface area contributed by atoms with Crippen LogP contribution >= 0.6 is 11.3 Å². The average Bonchev–Trinajstić information content (AvgIpc) is 3.19. The van der Waals surface area contributed by atoms with Crippen LogP contribution in [0.15, 0.2) is 60.1 Å². The molecule has 7 nitrogen and oxygen atoms in total. The summed E-state index contributed by atoms with van der Waals surface area (Å²) in [6.07, 6.45) is 0. The molecular formula is C18H13N3O4S. The molecule has 3 aromatic rings. The van der Waals surface area contributed by atoms with Crippen LogP contribution in [0.5, 0.6) is 0 Å². The number of nitrogens with one attached hydrogen (secondary N) is 1. The molecule has 1 amide bonds. The van der Waals surface area contributed by atoms with Gasteiger partial charge in [0.25, 0.3) is 5.91 Å². The number of nitrogens with zero attached hydrogens (tertiary/aromatic N) is 2. The number of ether oxygens (including phenoxy) is 1. The molecule has 0 atom stereocenters. The van der Waals surface area contributed by atoms with Crippen LogP contribution in [0.2, 0.25) is 0 Å². The highest BCUT2D eigenvalue weighted by molar-refractivity contribution is 7.13. The van der Waals surface area contributed by atoms with Gasteiger partial charge in [0.15, 0.2) is 12.4 Å². The van der Waals surface area contributed by atoms with Gasteiger partial charge in [-0.05, 0) is 12.1 Å². The lowest BCUT2D eigenvalue weighted by Gasteiger charge is -2.05. The molecular weight excluding hydrogens is 354 g/mol. The maximum absolute atomic E-state index is 12.3. The second-order valence-corrected chi connectivity index (χ2v) is 5.97. The zero-order valence-corrected chi connectivity index (χ0v) is 14.2. The lowest BCUT2D eigenvalue weighted by Crippen LogP contribution is -2.20. The summed E-state index contributed by atoms with van der Waals surface area (Å²) in [5, 5.41) is 10.0. The van der Waals surface area contributed by atoms with E-state index in [1.165, 1.54) is 17.6 Å². The number of rotatable bonds is 6. The summed E-state index contributed by atoms with van der Waals surface area (Å²) in [7, 11) is 0. The molecule has 0 bridgehead atoms. The van der Waals surface area contributed by atoms with Gasteiger partial charge in [-0.15, -0.1) is 10.2 Å². The number of esters is 1. The molecule has 3 rings (SSSR count). The first-order valence-electron chi connectivity index (χ1n) is 7.56. The summed E-state index contributed by atoms with van der Waals surface area (Å²) in [6.45, 7) is -0.441. The fourth-order valence-electron chi connectivity index (χ4n) is 2.11. The van der Waals surface area contributed by atoms with Gasteiger partial charge in [0.05, 0.1) is 5.56 Å². The van der Waals surface area contributed by atoms with Crippen molar-refractivity contribution in [3.05, 3.63) is 76.8 Å². The van der Waals surface area contributed by atoms with Crippen LogP contribution in [0, 0.1) is 0 Å². The van der Waals surface area contributed by atoms with Gasteiger partial charge in [-0.25, -0.2) is 4.79 Å². The molecule has 0 saturated carbocycles. The van der Waals surface area contributed by atoms with E-state index in [0.29, 0.717) is 16.3 Å². The van der Waals surface area contributed by atoms with E-state index in [-0.39, 0.29) is 11.3 Å². The quantitative estimate of drug-likeness (QED) is 0.531. The van der Waals surface area contributed by atoms with Crippen molar-refractivity contribution in [1.82, 2.24) is 10.2 Å². The Morgan fingerprint density at radius 1 is 0.923 bits per heavy atom. The van der Waals surface area contributed by atoms with E-state index < -0.39 is 18.5 Å². The summed E-state index contributed by atoms with van der Waals surface area (Å²) >= 11 is 1.16. The topological polar surface area (TPSA) is 98.2 Å². The second kappa shape index (κ2) is 8.13. The van der Waals surface area contributed by atoms with Gasteiger partial charge >= 0.3 is 5.97 Å². The molecule has 2 aromatic carbocycles. The number of hydrogen-bond acceptors (Lipinski definition) is 7. The van der Waals surface area contributed by atoms with Crippen molar-refractivity contribution >= 4 is 34.1 Å². The number of amides is 1. The lowest BCUT2D eigenvalue weighted by molar-refractivity contribution is -0.119. The number of anilines is 1. The van der Waals surface area contributed by atoms with Gasteiger partial charge < -0.3 is 4.74 Å². The third kappa shape index (κ3) is 4.37. The van der Waals surface area contributed by atoms with Gasteiger partial charge in [0.2, 0.25) is 5.13 Å². The predicted octanol–water partition coefficient (Wildman–Crippen LogP) is 2.56. The molecule has 1 aromatic heterocycles. The first-order chi connectivity index (χ1) is 12.6. The molecule has 0 radical (unpaired) electrons. The van der Waals surface area contributed by atoms with Crippen LogP contribution < -0.4 is 5.32 Å². The van der Waals surface area contributed by atoms with Crippen LogP contribution in [-0.4, -0.2) is 34.5 Å². The van der Waals surface area contributed by atoms with E-state index in [1.54, 1.807) is 36.4 Å². The van der Waals surface area contributed by atoms with Crippen molar-refractivity contribution < 1.29 is 19.1 Å². The van der Waals surface area contributed by atoms with Crippen molar-refractivity contribution in [2.24, 2.45) is 0 Å². The minimum absolute atomic E-state index is 0.137. The van der Waals surface area contributed by atoms with Gasteiger partial charge in [-0.3, -0.25) is 14.9 Å². The number of aromatic nitrogens is 2. The van der Waals surface area contributed by atoms with Gasteiger partial charge in [0.1, 0.15) is 5.51 Å². The van der Waals surface area contributed by atoms with Crippen molar-refractivity contribution in [3.8, 4) is 0 Å². The average molecular weight is 367 g/mol. The highest BCUT2D eigenvalue weighted by Gasteiger charge is 2.13. The first kappa shape index (κ1) is 17.4. The standard InChI is InChI=1S/C18H13N3O4S/c22-15(20-18-21-19-11-26-18)10-25-17(24)14-8-6-13(7-9-14)16(23)12-4-2-1-3-5-12/h1-9,11H,10H2,(H,20,21,22). The van der Waals surface area contributed by atoms with Crippen LogP contribution in [0.3, 0.4) is 0 Å². The lowest BCUT2D eigenvalue weighted by atomic mass is 10.0. The summed E-state index contributed by atoms with van der Waals surface area (Å²) in [4.78, 5) is 36.0. The van der Waals surface area contributed by atoms with Crippen molar-refractivity contribution in [1.29, 1.82) is 0 Å². The van der Waals surface area contributed by atoms with E-state index in [1.807, 2.05) is 6.07 Å². The molecule has 8 heteroatoms. The predicted molar refractivity (Wildman–Crippen MR) is 95.1 cm³/mol. The van der Waals surface area contributed by atoms with Crippen LogP contribution in [0.1, 0.15) is 26.3 Å². The summed E-state index contributed by atoms with van der Waals surface area (Å²) < 4.78 is 4.94. The summed E-state index contributed by atoms with van der Waals surface area (Å²) in [5.74, 6) is -1.30. The molecule has 0 aliphatic carbocycles.